The van der Waals surface area contributed by atoms with Crippen molar-refractivity contribution in [2.45, 2.75) is 6.04 Å². The van der Waals surface area contributed by atoms with Crippen LogP contribution in [0.1, 0.15) is 16.5 Å². The number of thiophene rings is 1. The van der Waals surface area contributed by atoms with Crippen LogP contribution >= 0.6 is 22.9 Å². The Morgan fingerprint density at radius 1 is 1.22 bits per heavy atom. The van der Waals surface area contributed by atoms with Gasteiger partial charge in [-0.25, -0.2) is 4.39 Å². The standard InChI is InChI=1S/C20H18ClFN2O2S/c1-26-17-9-6-14(21)11-16(17)24-19(25)12-23-20(18-3-2-10-27-18)13-4-7-15(22)8-5-13/h2-11,20,23H,12H2,1H3,(H,24,25). The lowest BCUT2D eigenvalue weighted by molar-refractivity contribution is -0.115. The SMILES string of the molecule is COc1ccc(Cl)cc1NC(=O)CNC(c1ccc(F)cc1)c1cccs1. The van der Waals surface area contributed by atoms with Crippen LogP contribution in [0.25, 0.3) is 0 Å². The Hall–Kier alpha value is -2.41. The number of anilines is 1. The van der Waals surface area contributed by atoms with Crippen LogP contribution in [-0.2, 0) is 4.79 Å². The summed E-state index contributed by atoms with van der Waals surface area (Å²) in [6.45, 7) is 0.0651. The predicted molar refractivity (Wildman–Crippen MR) is 107 cm³/mol. The number of methoxy groups -OCH3 is 1. The van der Waals surface area contributed by atoms with E-state index < -0.39 is 0 Å². The minimum atomic E-state index is -0.297. The molecule has 1 amide bonds. The number of hydrogen-bond donors (Lipinski definition) is 2. The molecule has 7 heteroatoms. The van der Waals surface area contributed by atoms with Crippen molar-refractivity contribution in [2.75, 3.05) is 19.0 Å². The van der Waals surface area contributed by atoms with Gasteiger partial charge in [-0.3, -0.25) is 10.1 Å². The van der Waals surface area contributed by atoms with Gasteiger partial charge in [-0.05, 0) is 47.3 Å². The summed E-state index contributed by atoms with van der Waals surface area (Å²) >= 11 is 7.56. The third-order valence-corrected chi connectivity index (χ3v) is 5.11. The van der Waals surface area contributed by atoms with Gasteiger partial charge in [0.1, 0.15) is 11.6 Å². The van der Waals surface area contributed by atoms with E-state index in [9.17, 15) is 9.18 Å². The molecule has 0 saturated carbocycles. The smallest absolute Gasteiger partial charge is 0.238 e. The molecule has 3 aromatic rings. The second-order valence-corrected chi connectivity index (χ2v) is 7.19. The molecule has 0 bridgehead atoms. The van der Waals surface area contributed by atoms with Crippen LogP contribution in [0.5, 0.6) is 5.75 Å². The molecule has 1 aromatic heterocycles. The molecular weight excluding hydrogens is 387 g/mol. The Balaban J connectivity index is 1.71. The normalized spacial score (nSPS) is 11.8. The van der Waals surface area contributed by atoms with E-state index in [2.05, 4.69) is 10.6 Å². The van der Waals surface area contributed by atoms with Crippen molar-refractivity contribution in [3.8, 4) is 5.75 Å². The van der Waals surface area contributed by atoms with E-state index in [1.165, 1.54) is 19.2 Å². The van der Waals surface area contributed by atoms with Crippen molar-refractivity contribution in [1.29, 1.82) is 0 Å². The average molecular weight is 405 g/mol. The van der Waals surface area contributed by atoms with Crippen molar-refractivity contribution in [3.63, 3.8) is 0 Å². The summed E-state index contributed by atoms with van der Waals surface area (Å²) in [6.07, 6.45) is 0. The van der Waals surface area contributed by atoms with Gasteiger partial charge < -0.3 is 10.1 Å². The van der Waals surface area contributed by atoms with E-state index in [1.807, 2.05) is 17.5 Å². The van der Waals surface area contributed by atoms with Gasteiger partial charge in [0.15, 0.2) is 0 Å². The molecule has 2 aromatic carbocycles. The molecule has 0 aliphatic carbocycles. The van der Waals surface area contributed by atoms with Gasteiger partial charge in [-0.15, -0.1) is 11.3 Å². The molecule has 0 aliphatic rings. The van der Waals surface area contributed by atoms with Crippen LogP contribution in [0, 0.1) is 5.82 Å². The van der Waals surface area contributed by atoms with E-state index >= 15 is 0 Å². The molecule has 1 atom stereocenters. The van der Waals surface area contributed by atoms with Crippen LogP contribution in [0.2, 0.25) is 5.02 Å². The van der Waals surface area contributed by atoms with Crippen LogP contribution in [0.15, 0.2) is 60.0 Å². The maximum absolute atomic E-state index is 13.2. The third kappa shape index (κ3) is 5.07. The molecule has 27 heavy (non-hydrogen) atoms. The first-order valence-corrected chi connectivity index (χ1v) is 9.48. The first kappa shape index (κ1) is 19.4. The quantitative estimate of drug-likeness (QED) is 0.590. The number of ether oxygens (including phenoxy) is 1. The number of rotatable bonds is 7. The highest BCUT2D eigenvalue weighted by molar-refractivity contribution is 7.10. The Labute approximate surface area is 165 Å². The van der Waals surface area contributed by atoms with Gasteiger partial charge in [-0.2, -0.15) is 0 Å². The number of halogens is 2. The first-order valence-electron chi connectivity index (χ1n) is 8.22. The van der Waals surface area contributed by atoms with Crippen molar-refractivity contribution in [1.82, 2.24) is 5.32 Å². The van der Waals surface area contributed by atoms with Gasteiger partial charge >= 0.3 is 0 Å². The molecule has 0 saturated heterocycles. The summed E-state index contributed by atoms with van der Waals surface area (Å²) < 4.78 is 18.5. The van der Waals surface area contributed by atoms with Crippen LogP contribution in [0.4, 0.5) is 10.1 Å². The Morgan fingerprint density at radius 2 is 2.00 bits per heavy atom. The van der Waals surface area contributed by atoms with Gasteiger partial charge in [0.05, 0.1) is 25.4 Å². The minimum absolute atomic E-state index is 0.0651. The van der Waals surface area contributed by atoms with Gasteiger partial charge in [0.2, 0.25) is 5.91 Å². The van der Waals surface area contributed by atoms with E-state index in [0.29, 0.717) is 16.5 Å². The van der Waals surface area contributed by atoms with E-state index in [4.69, 9.17) is 16.3 Å². The minimum Gasteiger partial charge on any atom is -0.495 e. The summed E-state index contributed by atoms with van der Waals surface area (Å²) in [5.74, 6) is -0.00481. The zero-order chi connectivity index (χ0) is 19.2. The van der Waals surface area contributed by atoms with E-state index in [-0.39, 0.29) is 24.3 Å². The summed E-state index contributed by atoms with van der Waals surface area (Å²) in [6, 6.07) is 15.0. The van der Waals surface area contributed by atoms with Crippen molar-refractivity contribution < 1.29 is 13.9 Å². The molecule has 0 aliphatic heterocycles. The molecular formula is C20H18ClFN2O2S. The first-order chi connectivity index (χ1) is 13.1. The van der Waals surface area contributed by atoms with Crippen molar-refractivity contribution >= 4 is 34.5 Å². The summed E-state index contributed by atoms with van der Waals surface area (Å²) in [4.78, 5) is 13.5. The van der Waals surface area contributed by atoms with Crippen LogP contribution in [0.3, 0.4) is 0 Å². The fourth-order valence-corrected chi connectivity index (χ4v) is 3.66. The average Bonchev–Trinajstić information content (AvgIpc) is 3.18. The largest absolute Gasteiger partial charge is 0.495 e. The summed E-state index contributed by atoms with van der Waals surface area (Å²) in [5.41, 5.74) is 1.39. The summed E-state index contributed by atoms with van der Waals surface area (Å²) in [5, 5.41) is 8.49. The molecule has 0 fully saturated rings. The van der Waals surface area contributed by atoms with Crippen LogP contribution < -0.4 is 15.4 Å². The maximum Gasteiger partial charge on any atom is 0.238 e. The van der Waals surface area contributed by atoms with Gasteiger partial charge in [0, 0.05) is 9.90 Å². The molecule has 0 spiro atoms. The second-order valence-electron chi connectivity index (χ2n) is 5.77. The van der Waals surface area contributed by atoms with Crippen molar-refractivity contribution in [3.05, 3.63) is 81.3 Å². The predicted octanol–water partition coefficient (Wildman–Crippen LogP) is 4.87. The lowest BCUT2D eigenvalue weighted by atomic mass is 10.1. The fraction of sp³-hybridized carbons (Fsp3) is 0.150. The molecule has 1 heterocycles. The van der Waals surface area contributed by atoms with Gasteiger partial charge in [0.25, 0.3) is 0 Å². The number of amides is 1. The molecule has 1 unspecified atom stereocenters. The third-order valence-electron chi connectivity index (χ3n) is 3.93. The number of hydrogen-bond acceptors (Lipinski definition) is 4. The van der Waals surface area contributed by atoms with Crippen molar-refractivity contribution in [2.24, 2.45) is 0 Å². The summed E-state index contributed by atoms with van der Waals surface area (Å²) in [7, 11) is 1.53. The zero-order valence-corrected chi connectivity index (χ0v) is 16.1. The second kappa shape index (κ2) is 8.99. The Morgan fingerprint density at radius 3 is 2.67 bits per heavy atom. The zero-order valence-electron chi connectivity index (χ0n) is 14.5. The molecule has 2 N–H and O–H groups in total. The molecule has 4 nitrogen and oxygen atoms in total. The van der Waals surface area contributed by atoms with Crippen LogP contribution in [-0.4, -0.2) is 19.6 Å². The molecule has 0 radical (unpaired) electrons. The molecule has 140 valence electrons. The molecule has 3 rings (SSSR count). The highest BCUT2D eigenvalue weighted by Gasteiger charge is 2.17. The monoisotopic (exact) mass is 404 g/mol. The highest BCUT2D eigenvalue weighted by atomic mass is 35.5. The number of benzene rings is 2. The number of carbonyl (C=O) groups is 1. The number of nitrogens with one attached hydrogen (secondary N) is 2. The lowest BCUT2D eigenvalue weighted by Gasteiger charge is -2.18. The fourth-order valence-electron chi connectivity index (χ4n) is 2.66. The topological polar surface area (TPSA) is 50.4 Å². The van der Waals surface area contributed by atoms with E-state index in [0.717, 1.165) is 10.4 Å². The Bertz CT molecular complexity index is 901. The number of carbonyl (C=O) groups excluding carboxylic acids is 1. The Kier molecular flexibility index (Phi) is 6.45. The maximum atomic E-state index is 13.2. The lowest BCUT2D eigenvalue weighted by Crippen LogP contribution is -2.31. The van der Waals surface area contributed by atoms with Gasteiger partial charge in [-0.1, -0.05) is 29.8 Å². The highest BCUT2D eigenvalue weighted by Crippen LogP contribution is 2.28. The van der Waals surface area contributed by atoms with E-state index in [1.54, 1.807) is 41.7 Å².